The Morgan fingerprint density at radius 1 is 1.88 bits per heavy atom. The number of hydrogen-bond acceptors (Lipinski definition) is 1. The molecule has 0 radical (unpaired) electrons. The second kappa shape index (κ2) is 3.76. The van der Waals surface area contributed by atoms with Gasteiger partial charge in [0.05, 0.1) is 4.05 Å². The summed E-state index contributed by atoms with van der Waals surface area (Å²) in [7, 11) is 1.59. The first-order valence-corrected chi connectivity index (χ1v) is 4.34. The third-order valence-electron chi connectivity index (χ3n) is 0.747. The van der Waals surface area contributed by atoms with E-state index in [1.54, 1.807) is 7.05 Å². The normalized spacial score (nSPS) is 18.6. The third kappa shape index (κ3) is 2.95. The van der Waals surface area contributed by atoms with E-state index in [1.165, 1.54) is 4.31 Å². The van der Waals surface area contributed by atoms with E-state index in [2.05, 4.69) is 22.6 Å². The van der Waals surface area contributed by atoms with Gasteiger partial charge in [0.15, 0.2) is 0 Å². The van der Waals surface area contributed by atoms with Gasteiger partial charge in [-0.2, -0.15) is 4.31 Å². The molecule has 50 valence electrons. The molecule has 2 unspecified atom stereocenters. The maximum absolute atomic E-state index is 10.2. The molecule has 5 heteroatoms. The van der Waals surface area contributed by atoms with Crippen LogP contribution in [0.25, 0.3) is 0 Å². The molecule has 0 aliphatic carbocycles. The summed E-state index contributed by atoms with van der Waals surface area (Å²) >= 11 is 0.242. The van der Waals surface area contributed by atoms with E-state index < -0.39 is 11.3 Å². The first-order valence-electron chi connectivity index (χ1n) is 2.03. The average Bonchev–Trinajstić information content (AvgIpc) is 1.64. The molecule has 0 aliphatic heterocycles. The predicted octanol–water partition coefficient (Wildman–Crippen LogP) is 0.836. The fraction of sp³-hybridized carbons (Fsp3) is 1.00. The number of rotatable bonds is 2. The van der Waals surface area contributed by atoms with E-state index in [4.69, 9.17) is 4.55 Å². The molecule has 2 atom stereocenters. The highest BCUT2D eigenvalue weighted by molar-refractivity contribution is 14.1. The zero-order valence-electron chi connectivity index (χ0n) is 4.67. The summed E-state index contributed by atoms with van der Waals surface area (Å²) in [4.78, 5) is 0. The highest BCUT2D eigenvalue weighted by atomic mass is 127. The molecule has 0 aromatic carbocycles. The second-order valence-electron chi connectivity index (χ2n) is 1.35. The van der Waals surface area contributed by atoms with Crippen LogP contribution in [0.2, 0.25) is 0 Å². The minimum atomic E-state index is -1.81. The van der Waals surface area contributed by atoms with Crippen LogP contribution in [0, 0.1) is 0 Å². The zero-order valence-corrected chi connectivity index (χ0v) is 7.64. The van der Waals surface area contributed by atoms with Crippen molar-refractivity contribution in [2.75, 3.05) is 7.05 Å². The van der Waals surface area contributed by atoms with Gasteiger partial charge in [0.25, 0.3) is 0 Å². The molecule has 0 fully saturated rings. The highest BCUT2D eigenvalue weighted by Crippen LogP contribution is 2.04. The van der Waals surface area contributed by atoms with Crippen molar-refractivity contribution in [3.63, 3.8) is 0 Å². The van der Waals surface area contributed by atoms with Crippen LogP contribution < -0.4 is 0 Å². The first-order chi connectivity index (χ1) is 3.55. The SMILES string of the molecule is CC(I)N(C)S(=O)O. The Hall–Kier alpha value is 0.800. The fourth-order valence-corrected chi connectivity index (χ4v) is 0.956. The molecule has 8 heavy (non-hydrogen) atoms. The predicted molar refractivity (Wildman–Crippen MR) is 42.0 cm³/mol. The van der Waals surface area contributed by atoms with E-state index in [0.29, 0.717) is 0 Å². The number of hydrogen-bond donors (Lipinski definition) is 1. The van der Waals surface area contributed by atoms with Crippen LogP contribution in [0.4, 0.5) is 0 Å². The van der Waals surface area contributed by atoms with Crippen LogP contribution in [0.15, 0.2) is 0 Å². The van der Waals surface area contributed by atoms with Gasteiger partial charge >= 0.3 is 0 Å². The minimum Gasteiger partial charge on any atom is -0.294 e. The van der Waals surface area contributed by atoms with Crippen molar-refractivity contribution < 1.29 is 8.76 Å². The Morgan fingerprint density at radius 3 is 2.25 bits per heavy atom. The lowest BCUT2D eigenvalue weighted by Gasteiger charge is -2.12. The van der Waals surface area contributed by atoms with E-state index in [0.717, 1.165) is 0 Å². The van der Waals surface area contributed by atoms with Gasteiger partial charge in [-0.3, -0.25) is 4.55 Å². The van der Waals surface area contributed by atoms with Gasteiger partial charge in [0.1, 0.15) is 0 Å². The molecule has 0 aromatic heterocycles. The van der Waals surface area contributed by atoms with Crippen LogP contribution in [0.5, 0.6) is 0 Å². The number of halogens is 1. The topological polar surface area (TPSA) is 40.5 Å². The molecule has 0 spiro atoms. The van der Waals surface area contributed by atoms with Gasteiger partial charge in [-0.1, -0.05) is 22.6 Å². The van der Waals surface area contributed by atoms with Crippen molar-refractivity contribution in [1.82, 2.24) is 4.31 Å². The lowest BCUT2D eigenvalue weighted by atomic mass is 10.8. The van der Waals surface area contributed by atoms with Gasteiger partial charge in [0.2, 0.25) is 11.3 Å². The summed E-state index contributed by atoms with van der Waals surface area (Å²) in [5, 5.41) is 0. The first kappa shape index (κ1) is 8.80. The fourth-order valence-electron chi connectivity index (χ4n) is 0.124. The summed E-state index contributed by atoms with van der Waals surface area (Å²) < 4.78 is 20.0. The molecule has 3 nitrogen and oxygen atoms in total. The van der Waals surface area contributed by atoms with E-state index >= 15 is 0 Å². The maximum atomic E-state index is 10.2. The summed E-state index contributed by atoms with van der Waals surface area (Å²) in [6, 6.07) is 0. The van der Waals surface area contributed by atoms with Crippen LogP contribution in [0.3, 0.4) is 0 Å². The van der Waals surface area contributed by atoms with Crippen molar-refractivity contribution in [1.29, 1.82) is 0 Å². The number of nitrogens with zero attached hydrogens (tertiary/aromatic N) is 1. The molecule has 0 heterocycles. The molecular weight excluding hydrogens is 241 g/mol. The summed E-state index contributed by atoms with van der Waals surface area (Å²) in [6.07, 6.45) is 0. The maximum Gasteiger partial charge on any atom is 0.235 e. The zero-order chi connectivity index (χ0) is 6.73. The molecule has 0 saturated heterocycles. The third-order valence-corrected chi connectivity index (χ3v) is 2.77. The summed E-state index contributed by atoms with van der Waals surface area (Å²) in [5.41, 5.74) is 0. The molecule has 0 rings (SSSR count). The molecule has 0 aliphatic rings. The number of alkyl halides is 1. The molecule has 0 bridgehead atoms. The monoisotopic (exact) mass is 249 g/mol. The Labute approximate surface area is 65.0 Å². The van der Waals surface area contributed by atoms with Crippen molar-refractivity contribution in [3.05, 3.63) is 0 Å². The quantitative estimate of drug-likeness (QED) is 0.341. The lowest BCUT2D eigenvalue weighted by Crippen LogP contribution is -2.25. The van der Waals surface area contributed by atoms with Crippen LogP contribution in [-0.4, -0.2) is 24.2 Å². The largest absolute Gasteiger partial charge is 0.294 e. The molecule has 0 amide bonds. The van der Waals surface area contributed by atoms with Crippen LogP contribution in [0.1, 0.15) is 6.92 Å². The minimum absolute atomic E-state index is 0.0958. The van der Waals surface area contributed by atoms with Crippen molar-refractivity contribution in [2.24, 2.45) is 0 Å². The molecule has 0 aromatic rings. The standard InChI is InChI=1S/C3H8INO2S/c1-3(4)5(2)8(6)7/h3H,1-2H3,(H,6,7). The van der Waals surface area contributed by atoms with Crippen molar-refractivity contribution >= 4 is 33.9 Å². The lowest BCUT2D eigenvalue weighted by molar-refractivity contribution is 0.453. The van der Waals surface area contributed by atoms with Crippen LogP contribution in [-0.2, 0) is 11.3 Å². The summed E-state index contributed by atoms with van der Waals surface area (Å²) in [5.74, 6) is 0. The van der Waals surface area contributed by atoms with E-state index in [1.807, 2.05) is 6.92 Å². The highest BCUT2D eigenvalue weighted by Gasteiger charge is 2.08. The van der Waals surface area contributed by atoms with Gasteiger partial charge in [0, 0.05) is 7.05 Å². The second-order valence-corrected chi connectivity index (χ2v) is 4.19. The van der Waals surface area contributed by atoms with Crippen molar-refractivity contribution in [3.8, 4) is 0 Å². The summed E-state index contributed by atoms with van der Waals surface area (Å²) in [6.45, 7) is 1.84. The van der Waals surface area contributed by atoms with Gasteiger partial charge in [-0.25, -0.2) is 4.21 Å². The Balaban J connectivity index is 3.64. The van der Waals surface area contributed by atoms with Crippen molar-refractivity contribution in [2.45, 2.75) is 11.0 Å². The van der Waals surface area contributed by atoms with E-state index in [-0.39, 0.29) is 4.05 Å². The van der Waals surface area contributed by atoms with Crippen LogP contribution >= 0.6 is 22.6 Å². The molecule has 1 N–H and O–H groups in total. The smallest absolute Gasteiger partial charge is 0.235 e. The average molecular weight is 249 g/mol. The Kier molecular flexibility index (Phi) is 4.13. The molecule has 0 saturated carbocycles. The Morgan fingerprint density at radius 2 is 2.25 bits per heavy atom. The van der Waals surface area contributed by atoms with Gasteiger partial charge in [-0.05, 0) is 6.92 Å². The van der Waals surface area contributed by atoms with Gasteiger partial charge in [-0.15, -0.1) is 0 Å². The van der Waals surface area contributed by atoms with Gasteiger partial charge < -0.3 is 0 Å². The van der Waals surface area contributed by atoms with E-state index in [9.17, 15) is 4.21 Å². The Bertz CT molecular complexity index is 97.3. The molecular formula is C3H8INO2S.